The van der Waals surface area contributed by atoms with Crippen molar-refractivity contribution in [2.75, 3.05) is 36.4 Å². The van der Waals surface area contributed by atoms with Gasteiger partial charge in [-0.2, -0.15) is 0 Å². The third kappa shape index (κ3) is 6.72. The monoisotopic (exact) mass is 427 g/mol. The van der Waals surface area contributed by atoms with Crippen LogP contribution in [0.5, 0.6) is 0 Å². The number of benzene rings is 1. The van der Waals surface area contributed by atoms with E-state index in [0.717, 1.165) is 87.6 Å². The fourth-order valence-corrected chi connectivity index (χ4v) is 4.63. The summed E-state index contributed by atoms with van der Waals surface area (Å²) < 4.78 is 0. The minimum Gasteiger partial charge on any atom is -0.371 e. The van der Waals surface area contributed by atoms with Crippen molar-refractivity contribution in [3.63, 3.8) is 0 Å². The zero-order valence-corrected chi connectivity index (χ0v) is 19.8. The zero-order valence-electron chi connectivity index (χ0n) is 19.8. The van der Waals surface area contributed by atoms with Crippen molar-refractivity contribution >= 4 is 23.2 Å². The largest absolute Gasteiger partial charge is 0.371 e. The summed E-state index contributed by atoms with van der Waals surface area (Å²) in [6.45, 7) is 10.4. The molecule has 0 aliphatic carbocycles. The summed E-state index contributed by atoms with van der Waals surface area (Å²) in [4.78, 5) is 30.3. The molecule has 1 N–H and O–H groups in total. The summed E-state index contributed by atoms with van der Waals surface area (Å²) in [6, 6.07) is 5.92. The Hall–Kier alpha value is -2.04. The molecule has 2 amide bonds. The molecule has 3 rings (SSSR count). The molecule has 0 spiro atoms. The second-order valence-electron chi connectivity index (χ2n) is 9.74. The van der Waals surface area contributed by atoms with Gasteiger partial charge in [0.1, 0.15) is 0 Å². The van der Waals surface area contributed by atoms with Crippen LogP contribution in [-0.2, 0) is 4.79 Å². The number of nitrogens with one attached hydrogen (secondary N) is 1. The zero-order chi connectivity index (χ0) is 22.2. The first-order chi connectivity index (χ1) is 15.0. The maximum absolute atomic E-state index is 13.5. The van der Waals surface area contributed by atoms with Crippen molar-refractivity contribution in [3.05, 3.63) is 23.8 Å². The van der Waals surface area contributed by atoms with Crippen LogP contribution in [0.2, 0.25) is 0 Å². The molecule has 0 aromatic heterocycles. The van der Waals surface area contributed by atoms with Crippen LogP contribution in [0.3, 0.4) is 0 Å². The van der Waals surface area contributed by atoms with Gasteiger partial charge >= 0.3 is 0 Å². The van der Waals surface area contributed by atoms with Gasteiger partial charge in [-0.1, -0.05) is 40.0 Å². The Balaban J connectivity index is 1.75. The molecule has 2 heterocycles. The predicted molar refractivity (Wildman–Crippen MR) is 129 cm³/mol. The van der Waals surface area contributed by atoms with Gasteiger partial charge in [0.2, 0.25) is 5.91 Å². The van der Waals surface area contributed by atoms with Crippen LogP contribution in [0.15, 0.2) is 18.2 Å². The van der Waals surface area contributed by atoms with Crippen LogP contribution in [0.25, 0.3) is 0 Å². The van der Waals surface area contributed by atoms with Crippen molar-refractivity contribution in [3.8, 4) is 0 Å². The van der Waals surface area contributed by atoms with E-state index >= 15 is 0 Å². The summed E-state index contributed by atoms with van der Waals surface area (Å²) in [7, 11) is 0. The third-order valence-electron chi connectivity index (χ3n) is 6.96. The Morgan fingerprint density at radius 3 is 2.23 bits per heavy atom. The lowest BCUT2D eigenvalue weighted by Crippen LogP contribution is -2.40. The average Bonchev–Trinajstić information content (AvgIpc) is 2.77. The minimum absolute atomic E-state index is 0.0425. The number of piperidine rings is 2. The molecule has 0 bridgehead atoms. The van der Waals surface area contributed by atoms with Gasteiger partial charge in [0.05, 0.1) is 5.56 Å². The lowest BCUT2D eigenvalue weighted by atomic mass is 9.96. The highest BCUT2D eigenvalue weighted by atomic mass is 16.2. The van der Waals surface area contributed by atoms with Crippen molar-refractivity contribution < 1.29 is 9.59 Å². The third-order valence-corrected chi connectivity index (χ3v) is 6.96. The number of rotatable bonds is 8. The molecule has 2 saturated heterocycles. The number of hydrogen-bond donors (Lipinski definition) is 1. The highest BCUT2D eigenvalue weighted by Gasteiger charge is 2.26. The molecule has 2 fully saturated rings. The van der Waals surface area contributed by atoms with E-state index in [4.69, 9.17) is 0 Å². The number of nitrogens with zero attached hydrogens (tertiary/aromatic N) is 2. The van der Waals surface area contributed by atoms with Crippen LogP contribution in [0.4, 0.5) is 11.4 Å². The maximum atomic E-state index is 13.5. The summed E-state index contributed by atoms with van der Waals surface area (Å²) >= 11 is 0. The molecule has 31 heavy (non-hydrogen) atoms. The lowest BCUT2D eigenvalue weighted by Gasteiger charge is -2.35. The molecule has 2 aliphatic rings. The molecule has 0 unspecified atom stereocenters. The SMILES string of the molecule is CCCCCCC(=O)Nc1ccc(N2CCC(C)CC2)c(C(=O)N2CCC(C)CC2)c1. The molecular weight excluding hydrogens is 386 g/mol. The fourth-order valence-electron chi connectivity index (χ4n) is 4.63. The molecule has 0 atom stereocenters. The van der Waals surface area contributed by atoms with Gasteiger partial charge in [-0.05, 0) is 62.1 Å². The van der Waals surface area contributed by atoms with Gasteiger partial charge < -0.3 is 15.1 Å². The Morgan fingerprint density at radius 1 is 0.935 bits per heavy atom. The maximum Gasteiger partial charge on any atom is 0.256 e. The van der Waals surface area contributed by atoms with Crippen molar-refractivity contribution in [2.45, 2.75) is 78.6 Å². The first kappa shape index (κ1) is 23.6. The smallest absolute Gasteiger partial charge is 0.256 e. The fraction of sp³-hybridized carbons (Fsp3) is 0.692. The Morgan fingerprint density at radius 2 is 1.58 bits per heavy atom. The van der Waals surface area contributed by atoms with Crippen molar-refractivity contribution in [1.29, 1.82) is 0 Å². The molecular formula is C26H41N3O2. The van der Waals surface area contributed by atoms with E-state index in [2.05, 4.69) is 31.0 Å². The average molecular weight is 428 g/mol. The van der Waals surface area contributed by atoms with E-state index < -0.39 is 0 Å². The predicted octanol–water partition coefficient (Wildman–Crippen LogP) is 5.70. The number of anilines is 2. The topological polar surface area (TPSA) is 52.7 Å². The highest BCUT2D eigenvalue weighted by Crippen LogP contribution is 2.31. The number of unbranched alkanes of at least 4 members (excludes halogenated alkanes) is 3. The minimum atomic E-state index is 0.0425. The molecule has 5 heteroatoms. The molecule has 0 radical (unpaired) electrons. The second kappa shape index (κ2) is 11.5. The Bertz CT molecular complexity index is 732. The van der Waals surface area contributed by atoms with E-state index in [0.29, 0.717) is 12.3 Å². The van der Waals surface area contributed by atoms with Crippen LogP contribution >= 0.6 is 0 Å². The van der Waals surface area contributed by atoms with Gasteiger partial charge in [-0.15, -0.1) is 0 Å². The number of carbonyl (C=O) groups is 2. The van der Waals surface area contributed by atoms with Crippen LogP contribution in [0, 0.1) is 11.8 Å². The summed E-state index contributed by atoms with van der Waals surface area (Å²) in [6.07, 6.45) is 9.33. The van der Waals surface area contributed by atoms with E-state index in [1.807, 2.05) is 23.1 Å². The molecule has 0 saturated carbocycles. The highest BCUT2D eigenvalue weighted by molar-refractivity contribution is 6.02. The van der Waals surface area contributed by atoms with Crippen molar-refractivity contribution in [1.82, 2.24) is 4.90 Å². The normalized spacial score (nSPS) is 18.3. The summed E-state index contributed by atoms with van der Waals surface area (Å²) in [5.74, 6) is 1.58. The lowest BCUT2D eigenvalue weighted by molar-refractivity contribution is -0.116. The number of hydrogen-bond acceptors (Lipinski definition) is 3. The number of carbonyl (C=O) groups excluding carboxylic acids is 2. The van der Waals surface area contributed by atoms with Gasteiger partial charge in [-0.3, -0.25) is 9.59 Å². The van der Waals surface area contributed by atoms with Gasteiger partial charge in [-0.25, -0.2) is 0 Å². The van der Waals surface area contributed by atoms with Crippen LogP contribution in [-0.4, -0.2) is 42.9 Å². The number of amides is 2. The van der Waals surface area contributed by atoms with E-state index in [-0.39, 0.29) is 11.8 Å². The van der Waals surface area contributed by atoms with E-state index in [9.17, 15) is 9.59 Å². The molecule has 2 aliphatic heterocycles. The Labute approximate surface area is 188 Å². The van der Waals surface area contributed by atoms with Gasteiger partial charge in [0, 0.05) is 44.0 Å². The molecule has 172 valence electrons. The van der Waals surface area contributed by atoms with Gasteiger partial charge in [0.15, 0.2) is 0 Å². The molecule has 1 aromatic carbocycles. The van der Waals surface area contributed by atoms with Gasteiger partial charge in [0.25, 0.3) is 5.91 Å². The van der Waals surface area contributed by atoms with Crippen LogP contribution in [0.1, 0.15) is 88.9 Å². The quantitative estimate of drug-likeness (QED) is 0.541. The standard InChI is InChI=1S/C26H41N3O2/c1-4-5-6-7-8-25(30)27-22-9-10-24(28-15-11-20(2)12-16-28)23(19-22)26(31)29-17-13-21(3)14-18-29/h9-10,19-21H,4-8,11-18H2,1-3H3,(H,27,30). The van der Waals surface area contributed by atoms with Crippen molar-refractivity contribution in [2.24, 2.45) is 11.8 Å². The van der Waals surface area contributed by atoms with Crippen LogP contribution < -0.4 is 10.2 Å². The van der Waals surface area contributed by atoms with E-state index in [1.165, 1.54) is 12.8 Å². The summed E-state index contributed by atoms with van der Waals surface area (Å²) in [5, 5.41) is 3.03. The summed E-state index contributed by atoms with van der Waals surface area (Å²) in [5.41, 5.74) is 2.51. The van der Waals surface area contributed by atoms with E-state index in [1.54, 1.807) is 0 Å². The molecule has 5 nitrogen and oxygen atoms in total. The number of likely N-dealkylation sites (tertiary alicyclic amines) is 1. The molecule has 1 aromatic rings. The second-order valence-corrected chi connectivity index (χ2v) is 9.74. The first-order valence-electron chi connectivity index (χ1n) is 12.5. The Kier molecular flexibility index (Phi) is 8.79. The first-order valence-corrected chi connectivity index (χ1v) is 12.5.